The Morgan fingerprint density at radius 1 is 0.971 bits per heavy atom. The lowest BCUT2D eigenvalue weighted by molar-refractivity contribution is -0.175. The van der Waals surface area contributed by atoms with Gasteiger partial charge in [0.2, 0.25) is 11.8 Å². The molecule has 4 N–H and O–H groups in total. The molecule has 4 heterocycles. The number of hydrogen-bond donors (Lipinski definition) is 4. The van der Waals surface area contributed by atoms with Crippen LogP contribution in [0.5, 0.6) is 11.5 Å². The molecule has 382 valence electrons. The average Bonchev–Trinajstić information content (AvgIpc) is 4.09. The van der Waals surface area contributed by atoms with E-state index in [0.29, 0.717) is 45.4 Å². The zero-order chi connectivity index (χ0) is 49.5. The molecule has 2 aromatic rings. The molecule has 6 fully saturated rings. The van der Waals surface area contributed by atoms with E-state index >= 15 is 0 Å². The van der Waals surface area contributed by atoms with E-state index in [-0.39, 0.29) is 76.9 Å². The molecule has 6 unspecified atom stereocenters. The molecule has 2 amide bonds. The van der Waals surface area contributed by atoms with Gasteiger partial charge in [0.25, 0.3) is 0 Å². The monoisotopic (exact) mass is 1000 g/mol. The summed E-state index contributed by atoms with van der Waals surface area (Å²) in [5.74, 6) is 2.22. The third kappa shape index (κ3) is 10.5. The van der Waals surface area contributed by atoms with Gasteiger partial charge in [0.05, 0.1) is 33.2 Å². The van der Waals surface area contributed by atoms with Gasteiger partial charge >= 0.3 is 0 Å². The van der Waals surface area contributed by atoms with Crippen LogP contribution in [0.2, 0.25) is 5.02 Å². The first-order valence-electron chi connectivity index (χ1n) is 26.4. The Labute approximate surface area is 421 Å². The highest BCUT2D eigenvalue weighted by molar-refractivity contribution is 7.91. The van der Waals surface area contributed by atoms with Gasteiger partial charge in [-0.15, -0.1) is 0 Å². The molecule has 3 saturated carbocycles. The zero-order valence-electron chi connectivity index (χ0n) is 42.3. The van der Waals surface area contributed by atoms with Crippen LogP contribution in [0.25, 0.3) is 5.57 Å². The van der Waals surface area contributed by atoms with Gasteiger partial charge in [0.1, 0.15) is 36.1 Å². The molecule has 2 aromatic carbocycles. The number of hydrogen-bond acceptors (Lipinski definition) is 12. The molecular weight excluding hydrogens is 924 g/mol. The summed E-state index contributed by atoms with van der Waals surface area (Å²) < 4.78 is 39.7. The fourth-order valence-corrected chi connectivity index (χ4v) is 14.4. The van der Waals surface area contributed by atoms with Gasteiger partial charge in [-0.05, 0) is 112 Å². The average molecular weight is 1000 g/mol. The first-order chi connectivity index (χ1) is 33.5. The Kier molecular flexibility index (Phi) is 15.3. The maximum atomic E-state index is 14.5. The first kappa shape index (κ1) is 51.2. The highest BCUT2D eigenvalue weighted by Crippen LogP contribution is 2.56. The maximum absolute atomic E-state index is 14.5. The van der Waals surface area contributed by atoms with Gasteiger partial charge in [-0.2, -0.15) is 5.26 Å². The Balaban J connectivity index is 0.777. The first-order valence-corrected chi connectivity index (χ1v) is 28.4. The summed E-state index contributed by atoms with van der Waals surface area (Å²) in [6.45, 7) is 16.6. The predicted octanol–water partition coefficient (Wildman–Crippen LogP) is 6.78. The van der Waals surface area contributed by atoms with E-state index in [1.54, 1.807) is 49.2 Å². The SMILES string of the molecule is CCS(=O)(=O)c1ccc(OC(CCCCN2CCN(C3NCC(C(=O)NC4C(C)(C)C(Oc5ccc(C#N)c(Cl)c5)C4(C)C)C(C4CCCCC4)N3)CC2)C2CC2)c(C2=CN(C)C(=O)C3NCCC23)c1. The lowest BCUT2D eigenvalue weighted by atomic mass is 9.49. The number of ether oxygens (including phenoxy) is 2. The topological polar surface area (TPSA) is 168 Å². The van der Waals surface area contributed by atoms with E-state index in [2.05, 4.69) is 64.8 Å². The fourth-order valence-electron chi connectivity index (χ4n) is 13.3. The van der Waals surface area contributed by atoms with Crippen LogP contribution in [0.1, 0.15) is 116 Å². The van der Waals surface area contributed by atoms with Crippen molar-refractivity contribution in [3.05, 3.63) is 58.7 Å². The highest BCUT2D eigenvalue weighted by Gasteiger charge is 2.64. The number of sulfone groups is 1. The third-order valence-electron chi connectivity index (χ3n) is 17.2. The number of nitrogens with zero attached hydrogens (tertiary/aromatic N) is 4. The van der Waals surface area contributed by atoms with Crippen molar-refractivity contribution in [1.29, 1.82) is 5.26 Å². The normalized spacial score (nSPS) is 29.9. The number of amides is 2. The minimum Gasteiger partial charge on any atom is -0.490 e. The molecular formula is C54H77ClN8O6S. The van der Waals surface area contributed by atoms with Crippen molar-refractivity contribution >= 4 is 38.8 Å². The number of nitriles is 1. The third-order valence-corrected chi connectivity index (χ3v) is 19.3. The number of carbonyl (C=O) groups excluding carboxylic acids is 2. The van der Waals surface area contributed by atoms with Crippen molar-refractivity contribution in [2.45, 2.75) is 147 Å². The Hall–Kier alpha value is -3.75. The predicted molar refractivity (Wildman–Crippen MR) is 273 cm³/mol. The van der Waals surface area contributed by atoms with E-state index < -0.39 is 9.84 Å². The molecule has 14 nitrogen and oxygen atoms in total. The lowest BCUT2D eigenvalue weighted by Crippen LogP contribution is -2.76. The fraction of sp³-hybridized carbons (Fsp3) is 0.685. The molecule has 16 heteroatoms. The van der Waals surface area contributed by atoms with Crippen molar-refractivity contribution in [3.63, 3.8) is 0 Å². The maximum Gasteiger partial charge on any atom is 0.244 e. The second kappa shape index (κ2) is 21.0. The van der Waals surface area contributed by atoms with Gasteiger partial charge in [-0.3, -0.25) is 25.1 Å². The highest BCUT2D eigenvalue weighted by atomic mass is 35.5. The molecule has 3 saturated heterocycles. The minimum atomic E-state index is -3.45. The van der Waals surface area contributed by atoms with Gasteiger partial charge in [-0.1, -0.05) is 65.5 Å². The van der Waals surface area contributed by atoms with Crippen LogP contribution in [0.15, 0.2) is 47.5 Å². The lowest BCUT2D eigenvalue weighted by Gasteiger charge is -2.63. The second-order valence-electron chi connectivity index (χ2n) is 22.6. The van der Waals surface area contributed by atoms with E-state index in [1.165, 1.54) is 19.3 Å². The number of fused-ring (bicyclic) bond motifs is 1. The van der Waals surface area contributed by atoms with E-state index in [1.807, 2.05) is 12.3 Å². The van der Waals surface area contributed by atoms with E-state index in [9.17, 15) is 23.3 Å². The van der Waals surface area contributed by atoms with Crippen molar-refractivity contribution in [3.8, 4) is 17.6 Å². The second-order valence-corrected chi connectivity index (χ2v) is 25.3. The van der Waals surface area contributed by atoms with Crippen LogP contribution in [-0.2, 0) is 19.4 Å². The molecule has 7 aliphatic rings. The van der Waals surface area contributed by atoms with Crippen LogP contribution >= 0.6 is 11.6 Å². The number of piperazine rings is 1. The van der Waals surface area contributed by atoms with Crippen LogP contribution in [-0.4, -0.2) is 130 Å². The molecule has 9 rings (SSSR count). The Morgan fingerprint density at radius 3 is 2.40 bits per heavy atom. The molecule has 70 heavy (non-hydrogen) atoms. The van der Waals surface area contributed by atoms with Crippen molar-refractivity contribution < 1.29 is 27.5 Å². The number of benzene rings is 2. The summed E-state index contributed by atoms with van der Waals surface area (Å²) in [7, 11) is -1.67. The Morgan fingerprint density at radius 2 is 1.71 bits per heavy atom. The summed E-state index contributed by atoms with van der Waals surface area (Å²) in [5, 5.41) is 24.4. The van der Waals surface area contributed by atoms with Gasteiger partial charge in [0.15, 0.2) is 9.84 Å². The number of likely N-dealkylation sites (N-methyl/N-ethyl adjacent to an activating group) is 1. The largest absolute Gasteiger partial charge is 0.490 e. The molecule has 0 bridgehead atoms. The van der Waals surface area contributed by atoms with Gasteiger partial charge < -0.3 is 29.9 Å². The summed E-state index contributed by atoms with van der Waals surface area (Å²) in [4.78, 5) is 34.6. The van der Waals surface area contributed by atoms with Gasteiger partial charge in [0, 0.05) is 86.4 Å². The van der Waals surface area contributed by atoms with Gasteiger partial charge in [-0.25, -0.2) is 8.42 Å². The quantitative estimate of drug-likeness (QED) is 0.123. The summed E-state index contributed by atoms with van der Waals surface area (Å²) in [6.07, 6.45) is 13.9. The minimum absolute atomic E-state index is 0.0188. The van der Waals surface area contributed by atoms with Crippen molar-refractivity contribution in [2.24, 2.45) is 34.5 Å². The number of halogens is 1. The molecule has 6 atom stereocenters. The molecule has 0 aromatic heterocycles. The molecule has 0 spiro atoms. The number of unbranched alkanes of at least 4 members (excludes halogenated alkanes) is 1. The number of rotatable bonds is 17. The van der Waals surface area contributed by atoms with Crippen LogP contribution in [0.3, 0.4) is 0 Å². The summed E-state index contributed by atoms with van der Waals surface area (Å²) in [5.41, 5.74) is 1.50. The van der Waals surface area contributed by atoms with Crippen LogP contribution < -0.4 is 30.7 Å². The molecule has 4 aliphatic heterocycles. The molecule has 3 aliphatic carbocycles. The molecule has 0 radical (unpaired) electrons. The van der Waals surface area contributed by atoms with E-state index in [4.69, 9.17) is 21.1 Å². The number of nitrogens with one attached hydrogen (secondary N) is 4. The standard InChI is InChI=1S/C54H77ClN8O6S/c1-7-70(66,67)38-20-21-45(40(30-38)42-33-61(6)49(65)47-39(42)22-23-57-47)69-44(34-16-17-34)15-11-12-24-62-25-27-63(28-26-62)52-58-32-41(46(59-52)35-13-9-8-10-14-35)48(64)60-50-53(2,3)51(54(50,4)5)68-37-19-18-36(31-56)43(55)29-37/h18-21,29-30,33-35,39,41,44,46-47,50-52,57-59H,7-17,22-28,32H2,1-6H3,(H,60,64). The van der Waals surface area contributed by atoms with Crippen molar-refractivity contribution in [1.82, 2.24) is 36.0 Å². The van der Waals surface area contributed by atoms with Crippen LogP contribution in [0.4, 0.5) is 0 Å². The number of carbonyl (C=O) groups is 2. The summed E-state index contributed by atoms with van der Waals surface area (Å²) >= 11 is 6.35. The van der Waals surface area contributed by atoms with E-state index in [0.717, 1.165) is 102 Å². The Bertz CT molecular complexity index is 2410. The summed E-state index contributed by atoms with van der Waals surface area (Å²) in [6, 6.07) is 12.3. The van der Waals surface area contributed by atoms with Crippen molar-refractivity contribution in [2.75, 3.05) is 58.6 Å². The smallest absolute Gasteiger partial charge is 0.244 e. The zero-order valence-corrected chi connectivity index (χ0v) is 43.8. The van der Waals surface area contributed by atoms with Crippen LogP contribution in [0, 0.1) is 45.8 Å².